The van der Waals surface area contributed by atoms with E-state index < -0.39 is 0 Å². The van der Waals surface area contributed by atoms with Gasteiger partial charge in [0.2, 0.25) is 0 Å². The van der Waals surface area contributed by atoms with E-state index in [-0.39, 0.29) is 24.2 Å². The number of ether oxygens (including phenoxy) is 4. The summed E-state index contributed by atoms with van der Waals surface area (Å²) in [6.45, 7) is 3.95. The quantitative estimate of drug-likeness (QED) is 0.842. The molecule has 1 aliphatic rings. The van der Waals surface area contributed by atoms with Crippen LogP contribution in [0.5, 0.6) is 23.0 Å². The monoisotopic (exact) mass is 371 g/mol. The molecule has 0 aliphatic carbocycles. The molecule has 6 nitrogen and oxygen atoms in total. The van der Waals surface area contributed by atoms with Gasteiger partial charge < -0.3 is 24.3 Å². The van der Waals surface area contributed by atoms with Crippen LogP contribution in [0.1, 0.15) is 31.9 Å². The topological polar surface area (TPSA) is 66.0 Å². The summed E-state index contributed by atoms with van der Waals surface area (Å²) in [5.74, 6) is 2.64. The maximum atomic E-state index is 12.5. The van der Waals surface area contributed by atoms with Crippen LogP contribution < -0.4 is 24.3 Å². The predicted octanol–water partition coefficient (Wildman–Crippen LogP) is 3.50. The summed E-state index contributed by atoms with van der Waals surface area (Å²) in [4.78, 5) is 12.5. The highest BCUT2D eigenvalue weighted by Gasteiger charge is 2.34. The molecule has 1 heterocycles. The Bertz CT molecular complexity index is 801. The Morgan fingerprint density at radius 1 is 1.07 bits per heavy atom. The third kappa shape index (κ3) is 4.64. The number of hydrogen-bond donors (Lipinski definition) is 1. The summed E-state index contributed by atoms with van der Waals surface area (Å²) >= 11 is 0. The van der Waals surface area contributed by atoms with Crippen LogP contribution in [0.3, 0.4) is 0 Å². The second kappa shape index (κ2) is 7.78. The third-order valence-corrected chi connectivity index (χ3v) is 4.44. The van der Waals surface area contributed by atoms with Crippen molar-refractivity contribution in [3.8, 4) is 23.0 Å². The van der Waals surface area contributed by atoms with Gasteiger partial charge >= 0.3 is 0 Å². The van der Waals surface area contributed by atoms with Gasteiger partial charge in [0.15, 0.2) is 6.61 Å². The predicted molar refractivity (Wildman–Crippen MR) is 102 cm³/mol. The van der Waals surface area contributed by atoms with E-state index in [4.69, 9.17) is 18.9 Å². The lowest BCUT2D eigenvalue weighted by Crippen LogP contribution is -2.42. The van der Waals surface area contributed by atoms with E-state index in [9.17, 15) is 4.79 Å². The zero-order valence-corrected chi connectivity index (χ0v) is 16.1. The number of nitrogens with one attached hydrogen (secondary N) is 1. The van der Waals surface area contributed by atoms with Gasteiger partial charge in [-0.05, 0) is 56.3 Å². The van der Waals surface area contributed by atoms with E-state index in [0.717, 1.165) is 22.8 Å². The fourth-order valence-electron chi connectivity index (χ4n) is 3.15. The fourth-order valence-corrected chi connectivity index (χ4v) is 3.15. The Balaban J connectivity index is 1.67. The molecule has 0 spiro atoms. The summed E-state index contributed by atoms with van der Waals surface area (Å²) in [6, 6.07) is 12.6. The van der Waals surface area contributed by atoms with Crippen LogP contribution in [0.15, 0.2) is 42.5 Å². The van der Waals surface area contributed by atoms with E-state index in [1.807, 2.05) is 32.0 Å². The lowest BCUT2D eigenvalue weighted by atomic mass is 9.89. The van der Waals surface area contributed by atoms with E-state index >= 15 is 0 Å². The third-order valence-electron chi connectivity index (χ3n) is 4.44. The lowest BCUT2D eigenvalue weighted by Gasteiger charge is -2.38. The van der Waals surface area contributed by atoms with Crippen LogP contribution in [0.2, 0.25) is 0 Å². The zero-order chi connectivity index (χ0) is 19.4. The van der Waals surface area contributed by atoms with Gasteiger partial charge in [0.05, 0.1) is 20.3 Å². The van der Waals surface area contributed by atoms with Crippen LogP contribution in [0.25, 0.3) is 0 Å². The van der Waals surface area contributed by atoms with Crippen molar-refractivity contribution >= 4 is 5.91 Å². The number of benzene rings is 2. The normalized spacial score (nSPS) is 17.3. The molecule has 1 amide bonds. The number of carbonyl (C=O) groups is 1. The van der Waals surface area contributed by atoms with E-state index in [1.165, 1.54) is 0 Å². The molecule has 2 aromatic rings. The first-order chi connectivity index (χ1) is 12.9. The maximum Gasteiger partial charge on any atom is 0.258 e. The van der Waals surface area contributed by atoms with Gasteiger partial charge in [-0.3, -0.25) is 4.79 Å². The lowest BCUT2D eigenvalue weighted by molar-refractivity contribution is -0.124. The second-order valence-corrected chi connectivity index (χ2v) is 7.05. The molecular weight excluding hydrogens is 346 g/mol. The van der Waals surface area contributed by atoms with Crippen molar-refractivity contribution in [3.05, 3.63) is 48.0 Å². The Labute approximate surface area is 159 Å². The van der Waals surface area contributed by atoms with Crippen LogP contribution >= 0.6 is 0 Å². The molecule has 0 saturated heterocycles. The first-order valence-electron chi connectivity index (χ1n) is 8.83. The number of methoxy groups -OCH3 is 2. The summed E-state index contributed by atoms with van der Waals surface area (Å²) in [5, 5.41) is 3.05. The van der Waals surface area contributed by atoms with Crippen LogP contribution in [-0.4, -0.2) is 32.3 Å². The zero-order valence-electron chi connectivity index (χ0n) is 16.1. The van der Waals surface area contributed by atoms with Crippen molar-refractivity contribution in [3.63, 3.8) is 0 Å². The fraction of sp³-hybridized carbons (Fsp3) is 0.381. The number of hydrogen-bond acceptors (Lipinski definition) is 5. The second-order valence-electron chi connectivity index (χ2n) is 7.05. The van der Waals surface area contributed by atoms with Crippen molar-refractivity contribution in [2.24, 2.45) is 0 Å². The standard InChI is InChI=1S/C21H25NO5/c1-21(2)12-18(17-11-16(25-4)9-10-19(17)27-21)22-20(23)13-26-15-7-5-14(24-3)6-8-15/h5-11,18H,12-13H2,1-4H3,(H,22,23)/t18-/m0/s1. The number of carbonyl (C=O) groups excluding carboxylic acids is 1. The van der Waals surface area contributed by atoms with Gasteiger partial charge in [-0.15, -0.1) is 0 Å². The number of rotatable bonds is 6. The molecule has 6 heteroatoms. The summed E-state index contributed by atoms with van der Waals surface area (Å²) in [5.41, 5.74) is 0.530. The molecule has 27 heavy (non-hydrogen) atoms. The van der Waals surface area contributed by atoms with Crippen molar-refractivity contribution < 1.29 is 23.7 Å². The Kier molecular flexibility index (Phi) is 5.44. The van der Waals surface area contributed by atoms with Gasteiger partial charge in [-0.1, -0.05) is 0 Å². The molecule has 0 bridgehead atoms. The largest absolute Gasteiger partial charge is 0.497 e. The van der Waals surface area contributed by atoms with Gasteiger partial charge in [-0.2, -0.15) is 0 Å². The molecule has 0 aromatic heterocycles. The molecule has 3 rings (SSSR count). The summed E-state index contributed by atoms with van der Waals surface area (Å²) < 4.78 is 22.0. The smallest absolute Gasteiger partial charge is 0.258 e. The molecule has 1 aliphatic heterocycles. The van der Waals surface area contributed by atoms with E-state index in [1.54, 1.807) is 38.5 Å². The molecule has 2 aromatic carbocycles. The summed E-state index contributed by atoms with van der Waals surface area (Å²) in [6.07, 6.45) is 0.654. The van der Waals surface area contributed by atoms with Crippen LogP contribution in [-0.2, 0) is 4.79 Å². The van der Waals surface area contributed by atoms with Crippen LogP contribution in [0.4, 0.5) is 0 Å². The Morgan fingerprint density at radius 2 is 1.70 bits per heavy atom. The van der Waals surface area contributed by atoms with Gasteiger partial charge in [0.1, 0.15) is 28.6 Å². The van der Waals surface area contributed by atoms with Gasteiger partial charge in [-0.25, -0.2) is 0 Å². The van der Waals surface area contributed by atoms with Crippen molar-refractivity contribution in [2.75, 3.05) is 20.8 Å². The minimum Gasteiger partial charge on any atom is -0.497 e. The van der Waals surface area contributed by atoms with Gasteiger partial charge in [0.25, 0.3) is 5.91 Å². The highest BCUT2D eigenvalue weighted by molar-refractivity contribution is 5.78. The van der Waals surface area contributed by atoms with Gasteiger partial charge in [0, 0.05) is 12.0 Å². The highest BCUT2D eigenvalue weighted by atomic mass is 16.5. The first-order valence-corrected chi connectivity index (χ1v) is 8.83. The average Bonchev–Trinajstić information content (AvgIpc) is 2.65. The Morgan fingerprint density at radius 3 is 2.37 bits per heavy atom. The van der Waals surface area contributed by atoms with E-state index in [0.29, 0.717) is 12.2 Å². The highest BCUT2D eigenvalue weighted by Crippen LogP contribution is 2.41. The minimum atomic E-state index is -0.379. The molecule has 0 saturated carbocycles. The molecule has 1 N–H and O–H groups in total. The van der Waals surface area contributed by atoms with Crippen molar-refractivity contribution in [1.29, 1.82) is 0 Å². The average molecular weight is 371 g/mol. The Hall–Kier alpha value is -2.89. The van der Waals surface area contributed by atoms with E-state index in [2.05, 4.69) is 5.32 Å². The molecule has 0 fully saturated rings. The first kappa shape index (κ1) is 18.9. The molecular formula is C21H25NO5. The molecule has 144 valence electrons. The number of amides is 1. The van der Waals surface area contributed by atoms with Crippen molar-refractivity contribution in [2.45, 2.75) is 31.9 Å². The number of fused-ring (bicyclic) bond motifs is 1. The SMILES string of the molecule is COc1ccc(OCC(=O)N[C@H]2CC(C)(C)Oc3ccc(OC)cc32)cc1. The minimum absolute atomic E-state index is 0.0661. The molecule has 1 atom stereocenters. The molecule has 0 radical (unpaired) electrons. The van der Waals surface area contributed by atoms with Crippen LogP contribution in [0, 0.1) is 0 Å². The maximum absolute atomic E-state index is 12.5. The summed E-state index contributed by atoms with van der Waals surface area (Å²) in [7, 11) is 3.22. The molecule has 0 unspecified atom stereocenters. The van der Waals surface area contributed by atoms with Crippen molar-refractivity contribution in [1.82, 2.24) is 5.32 Å².